The Hall–Kier alpha value is -2.47. The van der Waals surface area contributed by atoms with Crippen molar-refractivity contribution in [3.63, 3.8) is 0 Å². The van der Waals surface area contributed by atoms with E-state index in [1.54, 1.807) is 0 Å². The van der Waals surface area contributed by atoms with Crippen molar-refractivity contribution in [2.24, 2.45) is 0 Å². The Morgan fingerprint density at radius 3 is 2.78 bits per heavy atom. The number of aromatic nitrogens is 4. The van der Waals surface area contributed by atoms with Crippen molar-refractivity contribution in [2.75, 3.05) is 13.1 Å². The zero-order chi connectivity index (χ0) is 15.6. The lowest BCUT2D eigenvalue weighted by Crippen LogP contribution is -2.47. The number of hydrogen-bond acceptors (Lipinski definition) is 5. The monoisotopic (exact) mass is 309 g/mol. The number of rotatable bonds is 5. The van der Waals surface area contributed by atoms with Gasteiger partial charge in [0, 0.05) is 25.7 Å². The predicted molar refractivity (Wildman–Crippen MR) is 84.8 cm³/mol. The molecule has 2 aromatic heterocycles. The van der Waals surface area contributed by atoms with Crippen LogP contribution >= 0.6 is 0 Å². The van der Waals surface area contributed by atoms with E-state index in [-0.39, 0.29) is 0 Å². The molecule has 0 atom stereocenters. The first kappa shape index (κ1) is 14.1. The Morgan fingerprint density at radius 2 is 2.04 bits per heavy atom. The fourth-order valence-corrected chi connectivity index (χ4v) is 2.87. The summed E-state index contributed by atoms with van der Waals surface area (Å²) in [7, 11) is 0. The molecular weight excluding hydrogens is 290 g/mol. The second-order valence-corrected chi connectivity index (χ2v) is 6.11. The Kier molecular flexibility index (Phi) is 3.67. The van der Waals surface area contributed by atoms with Gasteiger partial charge in [0.1, 0.15) is 0 Å². The van der Waals surface area contributed by atoms with Gasteiger partial charge >= 0.3 is 0 Å². The molecule has 4 rings (SSSR count). The molecule has 0 radical (unpaired) electrons. The predicted octanol–water partition coefficient (Wildman–Crippen LogP) is 2.22. The summed E-state index contributed by atoms with van der Waals surface area (Å²) in [5, 5.41) is 8.44. The topological polar surface area (TPSA) is 60.0 Å². The molecule has 6 heteroatoms. The van der Waals surface area contributed by atoms with Gasteiger partial charge in [-0.25, -0.2) is 0 Å². The molecule has 3 heterocycles. The fraction of sp³-hybridized carbons (Fsp3) is 0.353. The van der Waals surface area contributed by atoms with Crippen LogP contribution in [-0.4, -0.2) is 37.9 Å². The molecule has 23 heavy (non-hydrogen) atoms. The summed E-state index contributed by atoms with van der Waals surface area (Å²) in [6, 6.07) is 10.6. The lowest BCUT2D eigenvalue weighted by atomic mass is 10.1. The molecule has 1 fully saturated rings. The highest BCUT2D eigenvalue weighted by molar-refractivity contribution is 5.18. The van der Waals surface area contributed by atoms with E-state index in [9.17, 15) is 0 Å². The first-order chi connectivity index (χ1) is 11.3. The molecule has 6 nitrogen and oxygen atoms in total. The van der Waals surface area contributed by atoms with Crippen molar-refractivity contribution >= 4 is 0 Å². The van der Waals surface area contributed by atoms with Crippen molar-refractivity contribution in [2.45, 2.75) is 25.9 Å². The minimum Gasteiger partial charge on any atom is -0.338 e. The quantitative estimate of drug-likeness (QED) is 0.723. The minimum atomic E-state index is 0.454. The Bertz CT molecular complexity index is 773. The molecule has 3 aromatic rings. The third-order valence-corrected chi connectivity index (χ3v) is 4.12. The van der Waals surface area contributed by atoms with E-state index in [0.29, 0.717) is 24.9 Å². The summed E-state index contributed by atoms with van der Waals surface area (Å²) in [4.78, 5) is 6.78. The molecule has 0 aliphatic carbocycles. The molecule has 1 aliphatic heterocycles. The van der Waals surface area contributed by atoms with Crippen LogP contribution in [0.25, 0.3) is 0 Å². The van der Waals surface area contributed by atoms with E-state index in [1.807, 2.05) is 29.1 Å². The number of nitrogens with zero attached hydrogens (tertiary/aromatic N) is 5. The first-order valence-electron chi connectivity index (χ1n) is 7.85. The SMILES string of the molecule is Cc1cnn(C2CN(Cc3nc(Cc4ccccc4)no3)C2)c1. The van der Waals surface area contributed by atoms with Gasteiger partial charge in [0.2, 0.25) is 5.89 Å². The van der Waals surface area contributed by atoms with Crippen LogP contribution in [0, 0.1) is 6.92 Å². The molecule has 1 aliphatic rings. The second kappa shape index (κ2) is 5.96. The van der Waals surface area contributed by atoms with Crippen LogP contribution in [0.5, 0.6) is 0 Å². The van der Waals surface area contributed by atoms with Crippen LogP contribution in [0.4, 0.5) is 0 Å². The van der Waals surface area contributed by atoms with Gasteiger partial charge in [0.05, 0.1) is 18.8 Å². The van der Waals surface area contributed by atoms with Gasteiger partial charge < -0.3 is 4.52 Å². The fourth-order valence-electron chi connectivity index (χ4n) is 2.87. The molecular formula is C17H19N5O. The zero-order valence-corrected chi connectivity index (χ0v) is 13.1. The molecule has 0 bridgehead atoms. The van der Waals surface area contributed by atoms with Crippen molar-refractivity contribution in [1.82, 2.24) is 24.8 Å². The summed E-state index contributed by atoms with van der Waals surface area (Å²) >= 11 is 0. The summed E-state index contributed by atoms with van der Waals surface area (Å²) < 4.78 is 7.41. The molecule has 1 aromatic carbocycles. The van der Waals surface area contributed by atoms with Crippen molar-refractivity contribution in [3.05, 3.63) is 65.6 Å². The summed E-state index contributed by atoms with van der Waals surface area (Å²) in [6.45, 7) is 4.71. The lowest BCUT2D eigenvalue weighted by Gasteiger charge is -2.38. The van der Waals surface area contributed by atoms with E-state index in [0.717, 1.165) is 18.9 Å². The van der Waals surface area contributed by atoms with Gasteiger partial charge in [-0.1, -0.05) is 35.5 Å². The molecule has 0 saturated carbocycles. The maximum atomic E-state index is 5.36. The van der Waals surface area contributed by atoms with Gasteiger partial charge in [0.25, 0.3) is 0 Å². The maximum Gasteiger partial charge on any atom is 0.240 e. The van der Waals surface area contributed by atoms with Gasteiger partial charge in [-0.15, -0.1) is 0 Å². The largest absolute Gasteiger partial charge is 0.338 e. The molecule has 0 amide bonds. The Morgan fingerprint density at radius 1 is 1.22 bits per heavy atom. The highest BCUT2D eigenvalue weighted by atomic mass is 16.5. The van der Waals surface area contributed by atoms with Crippen LogP contribution in [0.1, 0.15) is 28.9 Å². The highest BCUT2D eigenvalue weighted by Gasteiger charge is 2.29. The van der Waals surface area contributed by atoms with Crippen LogP contribution in [-0.2, 0) is 13.0 Å². The van der Waals surface area contributed by atoms with Crippen LogP contribution < -0.4 is 0 Å². The lowest BCUT2D eigenvalue weighted by molar-refractivity contribution is 0.0790. The average Bonchev–Trinajstić information content (AvgIpc) is 3.13. The van der Waals surface area contributed by atoms with Crippen molar-refractivity contribution in [1.29, 1.82) is 0 Å². The number of benzene rings is 1. The smallest absolute Gasteiger partial charge is 0.240 e. The normalized spacial score (nSPS) is 15.7. The van der Waals surface area contributed by atoms with Gasteiger partial charge in [0.15, 0.2) is 5.82 Å². The zero-order valence-electron chi connectivity index (χ0n) is 13.1. The van der Waals surface area contributed by atoms with Gasteiger partial charge in [-0.05, 0) is 18.1 Å². The third-order valence-electron chi connectivity index (χ3n) is 4.12. The second-order valence-electron chi connectivity index (χ2n) is 6.11. The van der Waals surface area contributed by atoms with E-state index >= 15 is 0 Å². The Labute approximate surface area is 134 Å². The highest BCUT2D eigenvalue weighted by Crippen LogP contribution is 2.22. The number of likely N-dealkylation sites (tertiary alicyclic amines) is 1. The Balaban J connectivity index is 1.31. The summed E-state index contributed by atoms with van der Waals surface area (Å²) in [6.07, 6.45) is 4.70. The molecule has 1 saturated heterocycles. The first-order valence-corrected chi connectivity index (χ1v) is 7.85. The van der Waals surface area contributed by atoms with Crippen LogP contribution in [0.15, 0.2) is 47.2 Å². The molecule has 0 N–H and O–H groups in total. The van der Waals surface area contributed by atoms with E-state index in [4.69, 9.17) is 4.52 Å². The van der Waals surface area contributed by atoms with Crippen molar-refractivity contribution in [3.8, 4) is 0 Å². The minimum absolute atomic E-state index is 0.454. The van der Waals surface area contributed by atoms with Crippen molar-refractivity contribution < 1.29 is 4.52 Å². The summed E-state index contributed by atoms with van der Waals surface area (Å²) in [5.74, 6) is 1.43. The summed E-state index contributed by atoms with van der Waals surface area (Å²) in [5.41, 5.74) is 2.39. The molecule has 0 spiro atoms. The molecule has 0 unspecified atom stereocenters. The van der Waals surface area contributed by atoms with Crippen LogP contribution in [0.2, 0.25) is 0 Å². The maximum absolute atomic E-state index is 5.36. The number of aryl methyl sites for hydroxylation is 1. The average molecular weight is 309 g/mol. The standard InChI is InChI=1S/C17H19N5O/c1-13-8-18-22(9-13)15-10-21(11-15)12-17-19-16(20-23-17)7-14-5-3-2-4-6-14/h2-6,8-9,15H,7,10-12H2,1H3. The van der Waals surface area contributed by atoms with E-state index in [2.05, 4.69) is 45.4 Å². The van der Waals surface area contributed by atoms with Gasteiger partial charge in [-0.2, -0.15) is 10.1 Å². The van der Waals surface area contributed by atoms with Crippen LogP contribution in [0.3, 0.4) is 0 Å². The third kappa shape index (κ3) is 3.17. The van der Waals surface area contributed by atoms with E-state index in [1.165, 1.54) is 11.1 Å². The van der Waals surface area contributed by atoms with Gasteiger partial charge in [-0.3, -0.25) is 9.58 Å². The van der Waals surface area contributed by atoms with E-state index < -0.39 is 0 Å². The molecule has 118 valence electrons. The number of hydrogen-bond donors (Lipinski definition) is 0.